The number of hydrogen-bond acceptors (Lipinski definition) is 2. The van der Waals surface area contributed by atoms with E-state index in [2.05, 4.69) is 0 Å². The van der Waals surface area contributed by atoms with Crippen molar-refractivity contribution in [1.82, 2.24) is 0 Å². The zero-order valence-corrected chi connectivity index (χ0v) is 10.5. The third kappa shape index (κ3) is 12.7. The monoisotopic (exact) mass is 266 g/mol. The molecule has 0 saturated heterocycles. The van der Waals surface area contributed by atoms with E-state index in [-0.39, 0.29) is 5.97 Å². The van der Waals surface area contributed by atoms with Gasteiger partial charge in [-0.15, -0.1) is 0 Å². The van der Waals surface area contributed by atoms with Crippen molar-refractivity contribution in [2.75, 3.05) is 12.4 Å². The van der Waals surface area contributed by atoms with Crippen molar-refractivity contribution in [1.29, 1.82) is 0 Å². The maximum atomic E-state index is 10.4. The second-order valence-corrected chi connectivity index (χ2v) is 10.2. The highest BCUT2D eigenvalue weighted by Crippen LogP contribution is 2.63. The summed E-state index contributed by atoms with van der Waals surface area (Å²) in [5.41, 5.74) is 0. The third-order valence-corrected chi connectivity index (χ3v) is 3.47. The van der Waals surface area contributed by atoms with Gasteiger partial charge in [0, 0.05) is 12.7 Å². The molecule has 0 aromatic carbocycles. The van der Waals surface area contributed by atoms with Crippen LogP contribution >= 0.6 is 39.7 Å². The Bertz CT molecular complexity index is 158. The summed E-state index contributed by atoms with van der Waals surface area (Å²) in [6.07, 6.45) is 2.63. The molecule has 0 heterocycles. The first kappa shape index (κ1) is 13.7. The van der Waals surface area contributed by atoms with Crippen molar-refractivity contribution in [3.05, 3.63) is 0 Å². The number of carbonyl (C=O) groups is 1. The van der Waals surface area contributed by atoms with Crippen molar-refractivity contribution >= 4 is 45.7 Å². The molecule has 0 aliphatic rings. The summed E-state index contributed by atoms with van der Waals surface area (Å²) in [5, 5.41) is 0. The Morgan fingerprint density at radius 1 is 1.23 bits per heavy atom. The minimum atomic E-state index is -1.92. The molecule has 80 valence electrons. The van der Waals surface area contributed by atoms with Gasteiger partial charge in [0.15, 0.2) is 0 Å². The molecule has 0 aliphatic carbocycles. The first-order valence-corrected chi connectivity index (χ1v) is 8.23. The Morgan fingerprint density at radius 3 is 2.31 bits per heavy atom. The van der Waals surface area contributed by atoms with E-state index in [9.17, 15) is 4.79 Å². The van der Waals surface area contributed by atoms with Crippen LogP contribution in [-0.2, 0) is 9.53 Å². The highest BCUT2D eigenvalue weighted by atomic mass is 36.2. The average Bonchev–Trinajstić information content (AvgIpc) is 1.93. The van der Waals surface area contributed by atoms with Crippen LogP contribution in [0.3, 0.4) is 0 Å². The Labute approximate surface area is 93.7 Å². The first-order valence-electron chi connectivity index (χ1n) is 3.95. The van der Waals surface area contributed by atoms with Gasteiger partial charge >= 0.3 is 5.97 Å². The van der Waals surface area contributed by atoms with Crippen molar-refractivity contribution in [2.45, 2.75) is 26.2 Å². The minimum absolute atomic E-state index is 0.244. The summed E-state index contributed by atoms with van der Waals surface area (Å²) in [6, 6.07) is 0. The van der Waals surface area contributed by atoms with Gasteiger partial charge in [-0.2, -0.15) is 0 Å². The summed E-state index contributed by atoms with van der Waals surface area (Å²) in [4.78, 5) is 10.4. The van der Waals surface area contributed by atoms with Crippen molar-refractivity contribution in [3.63, 3.8) is 0 Å². The fourth-order valence-electron chi connectivity index (χ4n) is 0.760. The van der Waals surface area contributed by atoms with Gasteiger partial charge in [-0.25, -0.2) is 0 Å². The molecule has 0 unspecified atom stereocenters. The number of rotatable bonds is 6. The van der Waals surface area contributed by atoms with Gasteiger partial charge in [0.2, 0.25) is 0 Å². The second-order valence-electron chi connectivity index (χ2n) is 2.61. The lowest BCUT2D eigenvalue weighted by molar-refractivity contribution is -0.141. The molecule has 0 N–H and O–H groups in total. The summed E-state index contributed by atoms with van der Waals surface area (Å²) in [7, 11) is 15.0. The molecule has 0 rings (SSSR count). The van der Waals surface area contributed by atoms with E-state index in [1.807, 2.05) is 0 Å². The summed E-state index contributed by atoms with van der Waals surface area (Å²) >= 11 is 0. The smallest absolute Gasteiger partial charge is 0.302 e. The molecule has 13 heavy (non-hydrogen) atoms. The van der Waals surface area contributed by atoms with Crippen molar-refractivity contribution in [2.24, 2.45) is 0 Å². The van der Waals surface area contributed by atoms with E-state index < -0.39 is 7.67 Å². The summed E-state index contributed by atoms with van der Waals surface area (Å²) in [6.45, 7) is 1.86. The van der Waals surface area contributed by atoms with Crippen molar-refractivity contribution in [3.8, 4) is 0 Å². The predicted octanol–water partition coefficient (Wildman–Crippen LogP) is 3.99. The molecule has 0 amide bonds. The van der Waals surface area contributed by atoms with Crippen LogP contribution in [0.5, 0.6) is 0 Å². The number of unbranched alkanes of at least 4 members (excludes halogenated alkanes) is 2. The van der Waals surface area contributed by atoms with Gasteiger partial charge in [0.1, 0.15) is 0 Å². The molecule has 6 heteroatoms. The van der Waals surface area contributed by atoms with Gasteiger partial charge in [-0.05, 0) is 59.0 Å². The quantitative estimate of drug-likeness (QED) is 0.537. The number of hydrogen-bond donors (Lipinski definition) is 0. The zero-order valence-electron chi connectivity index (χ0n) is 7.39. The molecule has 0 radical (unpaired) electrons. The van der Waals surface area contributed by atoms with Gasteiger partial charge in [-0.1, -0.05) is 0 Å². The molecule has 0 aromatic rings. The maximum Gasteiger partial charge on any atom is 0.302 e. The molecule has 2 nitrogen and oxygen atoms in total. The van der Waals surface area contributed by atoms with Crippen molar-refractivity contribution < 1.29 is 9.53 Å². The molecular formula is C7H13Cl3O2S. The average molecular weight is 268 g/mol. The number of esters is 1. The minimum Gasteiger partial charge on any atom is -0.466 e. The largest absolute Gasteiger partial charge is 0.466 e. The Balaban J connectivity index is 3.13. The van der Waals surface area contributed by atoms with E-state index in [1.54, 1.807) is 0 Å². The van der Waals surface area contributed by atoms with E-state index in [4.69, 9.17) is 36.8 Å². The fourth-order valence-corrected chi connectivity index (χ4v) is 2.27. The Kier molecular flexibility index (Phi) is 7.42. The van der Waals surface area contributed by atoms with Crippen LogP contribution in [0.25, 0.3) is 0 Å². The highest BCUT2D eigenvalue weighted by molar-refractivity contribution is 8.79. The molecule has 0 spiro atoms. The van der Waals surface area contributed by atoms with Gasteiger partial charge in [-0.3, -0.25) is 4.79 Å². The van der Waals surface area contributed by atoms with E-state index >= 15 is 0 Å². The third-order valence-electron chi connectivity index (χ3n) is 1.33. The Hall–Kier alpha value is 0.690. The van der Waals surface area contributed by atoms with Crippen LogP contribution in [0.4, 0.5) is 0 Å². The first-order chi connectivity index (χ1) is 5.92. The van der Waals surface area contributed by atoms with Gasteiger partial charge in [0.25, 0.3) is 0 Å². The fraction of sp³-hybridized carbons (Fsp3) is 0.857. The Morgan fingerprint density at radius 2 is 1.85 bits per heavy atom. The van der Waals surface area contributed by atoms with E-state index in [0.29, 0.717) is 12.4 Å². The molecule has 0 aliphatic heterocycles. The van der Waals surface area contributed by atoms with Crippen LogP contribution in [0, 0.1) is 0 Å². The highest BCUT2D eigenvalue weighted by Gasteiger charge is 2.11. The van der Waals surface area contributed by atoms with Crippen LogP contribution in [0.15, 0.2) is 0 Å². The van der Waals surface area contributed by atoms with E-state index in [0.717, 1.165) is 19.3 Å². The number of halogens is 3. The molecule has 0 fully saturated rings. The lowest BCUT2D eigenvalue weighted by Gasteiger charge is -2.14. The SMILES string of the molecule is CC(=O)OCCCCCS(Cl)(Cl)Cl. The molecule has 0 saturated carbocycles. The van der Waals surface area contributed by atoms with Gasteiger partial charge in [0.05, 0.1) is 6.61 Å². The molecular weight excluding hydrogens is 255 g/mol. The molecule has 0 atom stereocenters. The maximum absolute atomic E-state index is 10.4. The van der Waals surface area contributed by atoms with Crippen LogP contribution in [0.2, 0.25) is 0 Å². The normalized spacial score (nSPS) is 12.6. The molecule has 0 aromatic heterocycles. The van der Waals surface area contributed by atoms with Gasteiger partial charge < -0.3 is 4.74 Å². The standard InChI is InChI=1S/C7H13Cl3O2S/c1-7(11)12-5-3-2-4-6-13(8,9)10/h2-6H2,1H3. The second kappa shape index (κ2) is 7.04. The lowest BCUT2D eigenvalue weighted by atomic mass is 10.3. The zero-order chi connectivity index (χ0) is 10.3. The topological polar surface area (TPSA) is 26.3 Å². The van der Waals surface area contributed by atoms with E-state index in [1.165, 1.54) is 6.92 Å². The van der Waals surface area contributed by atoms with Crippen LogP contribution < -0.4 is 0 Å². The van der Waals surface area contributed by atoms with Crippen LogP contribution in [0.1, 0.15) is 26.2 Å². The number of carbonyl (C=O) groups excluding carboxylic acids is 1. The lowest BCUT2D eigenvalue weighted by Crippen LogP contribution is -2.00. The predicted molar refractivity (Wildman–Crippen MR) is 60.5 cm³/mol. The summed E-state index contributed by atoms with van der Waals surface area (Å²) < 4.78 is 4.74. The van der Waals surface area contributed by atoms with Crippen LogP contribution in [-0.4, -0.2) is 18.3 Å². The summed E-state index contributed by atoms with van der Waals surface area (Å²) in [5.74, 6) is 0.379. The molecule has 0 bridgehead atoms. The number of ether oxygens (including phenoxy) is 1.